The summed E-state index contributed by atoms with van der Waals surface area (Å²) < 4.78 is 28.3. The highest BCUT2D eigenvalue weighted by atomic mass is 32.2. The Morgan fingerprint density at radius 2 is 1.92 bits per heavy atom. The van der Waals surface area contributed by atoms with Crippen molar-refractivity contribution in [3.05, 3.63) is 23.8 Å². The molecular weight excluding hydrogens is 336 g/mol. The van der Waals surface area contributed by atoms with E-state index >= 15 is 0 Å². The van der Waals surface area contributed by atoms with E-state index < -0.39 is 10.0 Å². The molecule has 25 heavy (non-hydrogen) atoms. The minimum Gasteiger partial charge on any atom is -0.312 e. The van der Waals surface area contributed by atoms with Crippen molar-refractivity contribution in [2.24, 2.45) is 5.92 Å². The molecule has 1 atom stereocenters. The number of hydrogen-bond donors (Lipinski definition) is 0. The maximum absolute atomic E-state index is 13.3. The van der Waals surface area contributed by atoms with E-state index in [0.717, 1.165) is 36.9 Å². The lowest BCUT2D eigenvalue weighted by Crippen LogP contribution is -2.43. The number of carbonyl (C=O) groups excluding carboxylic acids is 1. The molecular formula is C19H28N2O3S. The van der Waals surface area contributed by atoms with Gasteiger partial charge in [0.15, 0.2) is 0 Å². The Balaban J connectivity index is 1.99. The van der Waals surface area contributed by atoms with Gasteiger partial charge in [0.2, 0.25) is 15.9 Å². The average Bonchev–Trinajstić information content (AvgIpc) is 3.38. The number of rotatable bonds is 5. The van der Waals surface area contributed by atoms with Gasteiger partial charge < -0.3 is 4.90 Å². The van der Waals surface area contributed by atoms with Crippen LogP contribution in [0.5, 0.6) is 0 Å². The summed E-state index contributed by atoms with van der Waals surface area (Å²) >= 11 is 0. The second kappa shape index (κ2) is 6.72. The summed E-state index contributed by atoms with van der Waals surface area (Å²) in [7, 11) is -3.52. The van der Waals surface area contributed by atoms with Gasteiger partial charge in [-0.3, -0.25) is 4.79 Å². The zero-order valence-electron chi connectivity index (χ0n) is 15.5. The number of carbonyl (C=O) groups is 1. The van der Waals surface area contributed by atoms with Crippen molar-refractivity contribution < 1.29 is 13.2 Å². The van der Waals surface area contributed by atoms with Crippen molar-refractivity contribution >= 4 is 21.6 Å². The molecule has 0 spiro atoms. The molecule has 6 heteroatoms. The van der Waals surface area contributed by atoms with Crippen molar-refractivity contribution in [3.63, 3.8) is 0 Å². The van der Waals surface area contributed by atoms with Crippen molar-refractivity contribution in [3.8, 4) is 0 Å². The standard InChI is InChI=1S/C19H28N2O3S/c1-13(2)14(3)21(17-7-8-17)25(23,24)18-9-10-19-16(12-18)6-5-11-20(19)15(4)22/h9-10,12-14,17H,5-8,11H2,1-4H3. The molecule has 0 aromatic heterocycles. The largest absolute Gasteiger partial charge is 0.312 e. The van der Waals surface area contributed by atoms with Crippen LogP contribution in [0.3, 0.4) is 0 Å². The van der Waals surface area contributed by atoms with E-state index in [9.17, 15) is 13.2 Å². The van der Waals surface area contributed by atoms with Crippen molar-refractivity contribution in [1.29, 1.82) is 0 Å². The third-order valence-corrected chi connectivity index (χ3v) is 7.43. The van der Waals surface area contributed by atoms with Crippen molar-refractivity contribution in [1.82, 2.24) is 4.31 Å². The monoisotopic (exact) mass is 364 g/mol. The molecule has 1 aromatic rings. The van der Waals surface area contributed by atoms with E-state index in [2.05, 4.69) is 13.8 Å². The maximum atomic E-state index is 13.3. The topological polar surface area (TPSA) is 57.7 Å². The maximum Gasteiger partial charge on any atom is 0.243 e. The molecule has 3 rings (SSSR count). The zero-order chi connectivity index (χ0) is 18.4. The number of nitrogens with zero attached hydrogens (tertiary/aromatic N) is 2. The van der Waals surface area contributed by atoms with Gasteiger partial charge in [-0.25, -0.2) is 8.42 Å². The minimum atomic E-state index is -3.52. The molecule has 5 nitrogen and oxygen atoms in total. The molecule has 1 aliphatic heterocycles. The van der Waals surface area contributed by atoms with Gasteiger partial charge in [0.25, 0.3) is 0 Å². The number of benzene rings is 1. The fourth-order valence-electron chi connectivity index (χ4n) is 3.55. The minimum absolute atomic E-state index is 0.00425. The molecule has 1 saturated carbocycles. The Bertz CT molecular complexity index is 769. The smallest absolute Gasteiger partial charge is 0.243 e. The predicted molar refractivity (Wildman–Crippen MR) is 99.1 cm³/mol. The fourth-order valence-corrected chi connectivity index (χ4v) is 5.61. The summed E-state index contributed by atoms with van der Waals surface area (Å²) in [5.74, 6) is 0.269. The Hall–Kier alpha value is -1.40. The lowest BCUT2D eigenvalue weighted by molar-refractivity contribution is -0.116. The summed E-state index contributed by atoms with van der Waals surface area (Å²) in [5.41, 5.74) is 1.81. The van der Waals surface area contributed by atoms with Crippen LogP contribution in [-0.4, -0.2) is 37.3 Å². The van der Waals surface area contributed by atoms with Crippen LogP contribution < -0.4 is 4.90 Å². The van der Waals surface area contributed by atoms with E-state index in [4.69, 9.17) is 0 Å². The van der Waals surface area contributed by atoms with Gasteiger partial charge in [0, 0.05) is 31.2 Å². The third kappa shape index (κ3) is 3.47. The molecule has 1 aliphatic carbocycles. The molecule has 0 saturated heterocycles. The van der Waals surface area contributed by atoms with Crippen LogP contribution in [0.15, 0.2) is 23.1 Å². The lowest BCUT2D eigenvalue weighted by atomic mass is 10.0. The molecule has 1 heterocycles. The molecule has 0 bridgehead atoms. The number of hydrogen-bond acceptors (Lipinski definition) is 3. The van der Waals surface area contributed by atoms with E-state index in [0.29, 0.717) is 11.4 Å². The van der Waals surface area contributed by atoms with Crippen LogP contribution in [0.1, 0.15) is 52.5 Å². The molecule has 1 amide bonds. The number of amides is 1. The van der Waals surface area contributed by atoms with E-state index in [1.165, 1.54) is 0 Å². The van der Waals surface area contributed by atoms with Crippen LogP contribution in [0.2, 0.25) is 0 Å². The van der Waals surface area contributed by atoms with E-state index in [1.807, 2.05) is 6.92 Å². The average molecular weight is 365 g/mol. The summed E-state index contributed by atoms with van der Waals surface area (Å²) in [5, 5.41) is 0. The molecule has 1 fully saturated rings. The third-order valence-electron chi connectivity index (χ3n) is 5.40. The van der Waals surface area contributed by atoms with Gasteiger partial charge in [-0.05, 0) is 62.3 Å². The van der Waals surface area contributed by atoms with Crippen LogP contribution >= 0.6 is 0 Å². The number of anilines is 1. The lowest BCUT2D eigenvalue weighted by Gasteiger charge is -2.32. The number of fused-ring (bicyclic) bond motifs is 1. The first kappa shape index (κ1) is 18.4. The number of aryl methyl sites for hydroxylation is 1. The Morgan fingerprint density at radius 1 is 1.24 bits per heavy atom. The van der Waals surface area contributed by atoms with Crippen molar-refractivity contribution in [2.75, 3.05) is 11.4 Å². The summed E-state index contributed by atoms with van der Waals surface area (Å²) in [6.45, 7) is 8.38. The molecule has 1 unspecified atom stereocenters. The molecule has 1 aromatic carbocycles. The Kier molecular flexibility index (Phi) is 4.95. The van der Waals surface area contributed by atoms with Gasteiger partial charge in [0.1, 0.15) is 0 Å². The highest BCUT2D eigenvalue weighted by molar-refractivity contribution is 7.89. The van der Waals surface area contributed by atoms with Gasteiger partial charge in [0.05, 0.1) is 4.90 Å². The fraction of sp³-hybridized carbons (Fsp3) is 0.632. The SMILES string of the molecule is CC(=O)N1CCCc2cc(S(=O)(=O)N(C3CC3)C(C)C(C)C)ccc21. The molecule has 138 valence electrons. The van der Waals surface area contributed by atoms with Crippen molar-refractivity contribution in [2.45, 2.75) is 70.4 Å². The second-order valence-corrected chi connectivity index (χ2v) is 9.46. The first-order valence-corrected chi connectivity index (χ1v) is 10.6. The predicted octanol–water partition coefficient (Wildman–Crippen LogP) is 3.18. The molecule has 2 aliphatic rings. The summed E-state index contributed by atoms with van der Waals surface area (Å²) in [4.78, 5) is 13.9. The second-order valence-electron chi connectivity index (χ2n) is 7.62. The van der Waals surface area contributed by atoms with Crippen LogP contribution in [-0.2, 0) is 21.2 Å². The normalized spacial score (nSPS) is 19.2. The number of sulfonamides is 1. The molecule has 0 N–H and O–H groups in total. The van der Waals surface area contributed by atoms with Crippen LogP contribution in [0.25, 0.3) is 0 Å². The Labute approximate surface area is 151 Å². The highest BCUT2D eigenvalue weighted by Gasteiger charge is 2.42. The first-order valence-electron chi connectivity index (χ1n) is 9.18. The van der Waals surface area contributed by atoms with E-state index in [1.54, 1.807) is 34.3 Å². The van der Waals surface area contributed by atoms with Gasteiger partial charge in [-0.2, -0.15) is 4.31 Å². The highest BCUT2D eigenvalue weighted by Crippen LogP contribution is 2.37. The van der Waals surface area contributed by atoms with E-state index in [-0.39, 0.29) is 23.9 Å². The van der Waals surface area contributed by atoms with Gasteiger partial charge >= 0.3 is 0 Å². The van der Waals surface area contributed by atoms with Crippen LogP contribution in [0, 0.1) is 5.92 Å². The van der Waals surface area contributed by atoms with Gasteiger partial charge in [-0.1, -0.05) is 13.8 Å². The Morgan fingerprint density at radius 3 is 2.48 bits per heavy atom. The summed E-state index contributed by atoms with van der Waals surface area (Å²) in [6.07, 6.45) is 3.56. The molecule has 0 radical (unpaired) electrons. The first-order chi connectivity index (χ1) is 11.7. The zero-order valence-corrected chi connectivity index (χ0v) is 16.3. The van der Waals surface area contributed by atoms with Crippen LogP contribution in [0.4, 0.5) is 5.69 Å². The van der Waals surface area contributed by atoms with Gasteiger partial charge in [-0.15, -0.1) is 0 Å². The summed E-state index contributed by atoms with van der Waals surface area (Å²) in [6, 6.07) is 5.35. The quantitative estimate of drug-likeness (QED) is 0.806.